The summed E-state index contributed by atoms with van der Waals surface area (Å²) >= 11 is 0. The molecule has 0 saturated heterocycles. The molecule has 1 aliphatic rings. The molecular weight excluding hydrogens is 362 g/mol. The Morgan fingerprint density at radius 2 is 1.59 bits per heavy atom. The van der Waals surface area contributed by atoms with E-state index < -0.39 is 5.97 Å². The molecule has 0 aromatic heterocycles. The second-order valence-corrected chi connectivity index (χ2v) is 7.31. The van der Waals surface area contributed by atoms with Crippen LogP contribution in [-0.4, -0.2) is 18.8 Å². The fraction of sp³-hybridized carbons (Fsp3) is 0.200. The maximum absolute atomic E-state index is 12.4. The van der Waals surface area contributed by atoms with Crippen molar-refractivity contribution in [2.45, 2.75) is 19.3 Å². The molecule has 0 unspecified atom stereocenters. The highest BCUT2D eigenvalue weighted by atomic mass is 16.7. The molecule has 3 aromatic carbocycles. The van der Waals surface area contributed by atoms with Crippen molar-refractivity contribution in [1.29, 1.82) is 0 Å². The maximum Gasteiger partial charge on any atom is 0.365 e. The summed E-state index contributed by atoms with van der Waals surface area (Å²) in [6.07, 6.45) is 0.974. The van der Waals surface area contributed by atoms with Crippen molar-refractivity contribution in [1.82, 2.24) is 0 Å². The van der Waals surface area contributed by atoms with E-state index in [2.05, 4.69) is 17.3 Å². The van der Waals surface area contributed by atoms with Crippen LogP contribution >= 0.6 is 0 Å². The molecule has 2 atom stereocenters. The van der Waals surface area contributed by atoms with Crippen LogP contribution in [0.3, 0.4) is 0 Å². The minimum atomic E-state index is -0.444. The number of oxime groups is 1. The first kappa shape index (κ1) is 18.9. The number of carbonyl (C=O) groups excluding carboxylic acids is 1. The van der Waals surface area contributed by atoms with E-state index in [4.69, 9.17) is 9.57 Å². The molecule has 1 saturated carbocycles. The Morgan fingerprint density at radius 1 is 0.897 bits per heavy atom. The number of aryl methyl sites for hydroxylation is 1. The van der Waals surface area contributed by atoms with E-state index in [1.54, 1.807) is 19.2 Å². The Labute approximate surface area is 170 Å². The number of benzene rings is 3. The van der Waals surface area contributed by atoms with Crippen LogP contribution in [-0.2, 0) is 4.84 Å². The zero-order valence-corrected chi connectivity index (χ0v) is 16.5. The molecule has 0 amide bonds. The number of hydrogen-bond donors (Lipinski definition) is 0. The largest absolute Gasteiger partial charge is 0.497 e. The summed E-state index contributed by atoms with van der Waals surface area (Å²) < 4.78 is 5.25. The normalized spacial score (nSPS) is 18.2. The second-order valence-electron chi connectivity index (χ2n) is 7.31. The van der Waals surface area contributed by atoms with E-state index in [1.807, 2.05) is 61.5 Å². The third-order valence-corrected chi connectivity index (χ3v) is 5.27. The summed E-state index contributed by atoms with van der Waals surface area (Å²) in [5.41, 5.74) is 4.62. The van der Waals surface area contributed by atoms with Crippen LogP contribution in [0.1, 0.15) is 39.4 Å². The zero-order valence-electron chi connectivity index (χ0n) is 16.5. The summed E-state index contributed by atoms with van der Waals surface area (Å²) in [7, 11) is 1.66. The van der Waals surface area contributed by atoms with Gasteiger partial charge in [0.05, 0.1) is 18.4 Å². The number of nitrogens with zero attached hydrogens (tertiary/aromatic N) is 1. The van der Waals surface area contributed by atoms with Crippen molar-refractivity contribution in [3.05, 3.63) is 101 Å². The predicted molar refractivity (Wildman–Crippen MR) is 113 cm³/mol. The summed E-state index contributed by atoms with van der Waals surface area (Å²) in [6, 6.07) is 25.3. The standard InChI is InChI=1S/C25H23NO3/c1-17-8-10-20(11-9-17)25(27)29-26-24(19-6-4-3-5-7-19)23-16-22(23)18-12-14-21(28-2)15-13-18/h3-15,22-23H,16H2,1-2H3/b26-24-/t22-,23+/m1/s1. The first-order chi connectivity index (χ1) is 14.2. The third-order valence-electron chi connectivity index (χ3n) is 5.27. The van der Waals surface area contributed by atoms with Gasteiger partial charge in [0.1, 0.15) is 5.75 Å². The van der Waals surface area contributed by atoms with Crippen molar-refractivity contribution < 1.29 is 14.4 Å². The van der Waals surface area contributed by atoms with Gasteiger partial charge < -0.3 is 9.57 Å². The van der Waals surface area contributed by atoms with Gasteiger partial charge in [-0.3, -0.25) is 0 Å². The monoisotopic (exact) mass is 385 g/mol. The van der Waals surface area contributed by atoms with Gasteiger partial charge in [-0.05, 0) is 54.7 Å². The first-order valence-corrected chi connectivity index (χ1v) is 9.71. The van der Waals surface area contributed by atoms with E-state index in [-0.39, 0.29) is 5.92 Å². The quantitative estimate of drug-likeness (QED) is 0.326. The lowest BCUT2D eigenvalue weighted by Crippen LogP contribution is -2.09. The molecule has 0 radical (unpaired) electrons. The van der Waals surface area contributed by atoms with Crippen LogP contribution in [0.5, 0.6) is 5.75 Å². The van der Waals surface area contributed by atoms with Gasteiger partial charge in [0.2, 0.25) is 0 Å². The minimum absolute atomic E-state index is 0.219. The maximum atomic E-state index is 12.4. The predicted octanol–water partition coefficient (Wildman–Crippen LogP) is 5.37. The molecule has 4 heteroatoms. The highest BCUT2D eigenvalue weighted by Crippen LogP contribution is 2.49. The van der Waals surface area contributed by atoms with Gasteiger partial charge in [-0.25, -0.2) is 4.79 Å². The lowest BCUT2D eigenvalue weighted by molar-refractivity contribution is 0.0515. The van der Waals surface area contributed by atoms with Gasteiger partial charge >= 0.3 is 5.97 Å². The summed E-state index contributed by atoms with van der Waals surface area (Å²) in [6.45, 7) is 1.98. The lowest BCUT2D eigenvalue weighted by Gasteiger charge is -2.07. The molecule has 146 valence electrons. The Bertz CT molecular complexity index is 1010. The van der Waals surface area contributed by atoms with Gasteiger partial charge in [-0.15, -0.1) is 0 Å². The lowest BCUT2D eigenvalue weighted by atomic mass is 10.0. The van der Waals surface area contributed by atoms with E-state index in [1.165, 1.54) is 5.56 Å². The first-order valence-electron chi connectivity index (χ1n) is 9.71. The van der Waals surface area contributed by atoms with Gasteiger partial charge in [-0.1, -0.05) is 65.3 Å². The number of rotatable bonds is 6. The van der Waals surface area contributed by atoms with Gasteiger partial charge in [0, 0.05) is 5.92 Å². The molecular formula is C25H23NO3. The second kappa shape index (κ2) is 8.31. The number of hydrogen-bond acceptors (Lipinski definition) is 4. The highest BCUT2D eigenvalue weighted by molar-refractivity contribution is 6.04. The van der Waals surface area contributed by atoms with E-state index in [0.29, 0.717) is 11.5 Å². The van der Waals surface area contributed by atoms with Crippen molar-refractivity contribution in [3.63, 3.8) is 0 Å². The van der Waals surface area contributed by atoms with Crippen LogP contribution in [0.25, 0.3) is 0 Å². The van der Waals surface area contributed by atoms with Crippen LogP contribution < -0.4 is 4.74 Å². The summed E-state index contributed by atoms with van der Waals surface area (Å²) in [5.74, 6) is 0.976. The molecule has 0 bridgehead atoms. The van der Waals surface area contributed by atoms with Gasteiger partial charge in [0.15, 0.2) is 0 Å². The minimum Gasteiger partial charge on any atom is -0.497 e. The van der Waals surface area contributed by atoms with E-state index in [0.717, 1.165) is 29.0 Å². The SMILES string of the molecule is COc1ccc([C@H]2C[C@@H]2/C(=N\OC(=O)c2ccc(C)cc2)c2ccccc2)cc1. The van der Waals surface area contributed by atoms with E-state index >= 15 is 0 Å². The third kappa shape index (κ3) is 4.37. The Morgan fingerprint density at radius 3 is 2.24 bits per heavy atom. The zero-order chi connectivity index (χ0) is 20.2. The number of methoxy groups -OCH3 is 1. The Hall–Kier alpha value is -3.40. The van der Waals surface area contributed by atoms with Crippen LogP contribution in [0.15, 0.2) is 84.0 Å². The van der Waals surface area contributed by atoms with Crippen LogP contribution in [0.2, 0.25) is 0 Å². The summed E-state index contributed by atoms with van der Waals surface area (Å²) in [4.78, 5) is 17.7. The molecule has 0 N–H and O–H groups in total. The summed E-state index contributed by atoms with van der Waals surface area (Å²) in [5, 5.41) is 4.31. The molecule has 0 spiro atoms. The number of ether oxygens (including phenoxy) is 1. The van der Waals surface area contributed by atoms with E-state index in [9.17, 15) is 4.79 Å². The molecule has 4 nitrogen and oxygen atoms in total. The van der Waals surface area contributed by atoms with Crippen LogP contribution in [0, 0.1) is 12.8 Å². The topological polar surface area (TPSA) is 47.9 Å². The molecule has 1 aliphatic carbocycles. The van der Waals surface area contributed by atoms with Crippen molar-refractivity contribution >= 4 is 11.7 Å². The smallest absolute Gasteiger partial charge is 0.365 e. The average Bonchev–Trinajstić information content (AvgIpc) is 3.55. The molecule has 0 heterocycles. The fourth-order valence-corrected chi connectivity index (χ4v) is 3.49. The molecule has 3 aromatic rings. The highest BCUT2D eigenvalue weighted by Gasteiger charge is 2.43. The van der Waals surface area contributed by atoms with Gasteiger partial charge in [-0.2, -0.15) is 0 Å². The number of carbonyl (C=O) groups is 1. The molecule has 1 fully saturated rings. The van der Waals surface area contributed by atoms with Crippen molar-refractivity contribution in [3.8, 4) is 5.75 Å². The molecule has 29 heavy (non-hydrogen) atoms. The average molecular weight is 385 g/mol. The Kier molecular flexibility index (Phi) is 5.43. The van der Waals surface area contributed by atoms with Crippen LogP contribution in [0.4, 0.5) is 0 Å². The van der Waals surface area contributed by atoms with Gasteiger partial charge in [0.25, 0.3) is 0 Å². The van der Waals surface area contributed by atoms with Crippen molar-refractivity contribution in [2.75, 3.05) is 7.11 Å². The molecule has 4 rings (SSSR count). The Balaban J connectivity index is 1.55. The molecule has 0 aliphatic heterocycles. The fourth-order valence-electron chi connectivity index (χ4n) is 3.49. The van der Waals surface area contributed by atoms with Crippen molar-refractivity contribution in [2.24, 2.45) is 11.1 Å².